The van der Waals surface area contributed by atoms with Crippen molar-refractivity contribution in [2.75, 3.05) is 18.6 Å². The molecule has 3 rings (SSSR count). The molecule has 1 fully saturated rings. The van der Waals surface area contributed by atoms with Crippen molar-refractivity contribution in [3.05, 3.63) is 12.7 Å². The maximum Gasteiger partial charge on any atom is 0.323 e. The first-order valence-electron chi connectivity index (χ1n) is 12.1. The van der Waals surface area contributed by atoms with Crippen LogP contribution in [0.25, 0.3) is 11.2 Å². The number of nitrogens with one attached hydrogen (secondary N) is 2. The number of hydrogen-bond acceptors (Lipinski definition) is 10. The van der Waals surface area contributed by atoms with Crippen molar-refractivity contribution >= 4 is 36.4 Å². The summed E-state index contributed by atoms with van der Waals surface area (Å²) in [6, 6.07) is -0.831. The van der Waals surface area contributed by atoms with Crippen molar-refractivity contribution in [2.45, 2.75) is 84.3 Å². The van der Waals surface area contributed by atoms with E-state index in [2.05, 4.69) is 25.1 Å². The van der Waals surface area contributed by atoms with Gasteiger partial charge in [-0.05, 0) is 47.0 Å². The zero-order valence-corrected chi connectivity index (χ0v) is 22.1. The van der Waals surface area contributed by atoms with Crippen LogP contribution in [-0.4, -0.2) is 68.7 Å². The lowest BCUT2D eigenvalue weighted by atomic mass is 9.96. The first-order valence-corrected chi connectivity index (χ1v) is 14.0. The number of rotatable bonds is 14. The van der Waals surface area contributed by atoms with Crippen LogP contribution in [-0.2, 0) is 34.9 Å². The number of ether oxygens (including phenoxy) is 3. The average molecular weight is 526 g/mol. The Labute approximate surface area is 210 Å². The minimum absolute atomic E-state index is 0.0163. The Balaban J connectivity index is 1.60. The SMILES string of the molecule is CC(C)OC(=O)CCNP(=O)(CO[C@H](C)Cn1cnc2c(N)ncnc21)N[C@H](C)C(=O)OC1CCC1. The smallest absolute Gasteiger partial charge is 0.323 e. The van der Waals surface area contributed by atoms with E-state index in [1.807, 2.05) is 6.92 Å². The van der Waals surface area contributed by atoms with Gasteiger partial charge in [-0.2, -0.15) is 0 Å². The summed E-state index contributed by atoms with van der Waals surface area (Å²) >= 11 is 0. The van der Waals surface area contributed by atoms with E-state index < -0.39 is 31.5 Å². The number of fused-ring (bicyclic) bond motifs is 1. The molecule has 0 saturated heterocycles. The van der Waals surface area contributed by atoms with Gasteiger partial charge in [-0.1, -0.05) is 0 Å². The molecule has 200 valence electrons. The molecule has 3 atom stereocenters. The van der Waals surface area contributed by atoms with E-state index in [1.54, 1.807) is 31.7 Å². The van der Waals surface area contributed by atoms with E-state index in [4.69, 9.17) is 19.9 Å². The minimum atomic E-state index is -3.45. The lowest BCUT2D eigenvalue weighted by molar-refractivity contribution is -0.154. The summed E-state index contributed by atoms with van der Waals surface area (Å²) in [5.74, 6) is -0.607. The molecule has 4 N–H and O–H groups in total. The van der Waals surface area contributed by atoms with Crippen molar-refractivity contribution in [3.63, 3.8) is 0 Å². The van der Waals surface area contributed by atoms with Gasteiger partial charge in [-0.15, -0.1) is 0 Å². The molecule has 36 heavy (non-hydrogen) atoms. The molecule has 14 heteroatoms. The Kier molecular flexibility index (Phi) is 9.77. The lowest BCUT2D eigenvalue weighted by Crippen LogP contribution is -2.41. The summed E-state index contributed by atoms with van der Waals surface area (Å²) in [7, 11) is -3.45. The molecule has 13 nitrogen and oxygen atoms in total. The first kappa shape index (κ1) is 28.0. The van der Waals surface area contributed by atoms with Gasteiger partial charge in [0.05, 0.1) is 31.5 Å². The zero-order chi connectivity index (χ0) is 26.3. The van der Waals surface area contributed by atoms with Crippen molar-refractivity contribution in [1.82, 2.24) is 29.7 Å². The molecule has 0 bridgehead atoms. The zero-order valence-electron chi connectivity index (χ0n) is 21.2. The number of carbonyl (C=O) groups excluding carboxylic acids is 2. The van der Waals surface area contributed by atoms with Crippen molar-refractivity contribution in [3.8, 4) is 0 Å². The molecule has 2 aromatic heterocycles. The largest absolute Gasteiger partial charge is 0.463 e. The number of aromatic nitrogens is 4. The molecule has 0 aliphatic heterocycles. The fourth-order valence-electron chi connectivity index (χ4n) is 3.50. The van der Waals surface area contributed by atoms with Crippen LogP contribution in [0.5, 0.6) is 0 Å². The highest BCUT2D eigenvalue weighted by molar-refractivity contribution is 7.59. The molecule has 0 aromatic carbocycles. The van der Waals surface area contributed by atoms with Crippen LogP contribution in [0.2, 0.25) is 0 Å². The normalized spacial score (nSPS) is 17.4. The highest BCUT2D eigenvalue weighted by Gasteiger charge is 2.31. The van der Waals surface area contributed by atoms with E-state index in [9.17, 15) is 14.2 Å². The summed E-state index contributed by atoms with van der Waals surface area (Å²) < 4.78 is 31.9. The van der Waals surface area contributed by atoms with Gasteiger partial charge < -0.3 is 24.5 Å². The van der Waals surface area contributed by atoms with Crippen molar-refractivity contribution < 1.29 is 28.4 Å². The van der Waals surface area contributed by atoms with E-state index in [-0.39, 0.29) is 37.3 Å². The van der Waals surface area contributed by atoms with Crippen LogP contribution >= 0.6 is 7.44 Å². The monoisotopic (exact) mass is 525 g/mol. The number of nitrogen functional groups attached to an aromatic ring is 1. The van der Waals surface area contributed by atoms with Crippen LogP contribution in [0.4, 0.5) is 5.82 Å². The third-order valence-electron chi connectivity index (χ3n) is 5.58. The Bertz CT molecular complexity index is 1090. The maximum absolute atomic E-state index is 13.7. The second-order valence-electron chi connectivity index (χ2n) is 9.21. The molecule has 1 aliphatic carbocycles. The van der Waals surface area contributed by atoms with E-state index >= 15 is 0 Å². The Morgan fingerprint density at radius 2 is 1.97 bits per heavy atom. The summed E-state index contributed by atoms with van der Waals surface area (Å²) in [5, 5.41) is 5.72. The second kappa shape index (κ2) is 12.6. The van der Waals surface area contributed by atoms with Gasteiger partial charge in [0, 0.05) is 6.54 Å². The average Bonchev–Trinajstić information content (AvgIpc) is 3.18. The predicted molar refractivity (Wildman–Crippen MR) is 133 cm³/mol. The fourth-order valence-corrected chi connectivity index (χ4v) is 5.43. The molecular weight excluding hydrogens is 489 g/mol. The number of esters is 2. The highest BCUT2D eigenvalue weighted by Crippen LogP contribution is 2.37. The van der Waals surface area contributed by atoms with Crippen LogP contribution < -0.4 is 15.9 Å². The van der Waals surface area contributed by atoms with E-state index in [0.717, 1.165) is 19.3 Å². The fraction of sp³-hybridized carbons (Fsp3) is 0.682. The first-order chi connectivity index (χ1) is 17.1. The summed E-state index contributed by atoms with van der Waals surface area (Å²) in [4.78, 5) is 36.7. The van der Waals surface area contributed by atoms with Crippen LogP contribution in [0, 0.1) is 0 Å². The topological polar surface area (TPSA) is 173 Å². The molecule has 0 spiro atoms. The van der Waals surface area contributed by atoms with Gasteiger partial charge in [0.15, 0.2) is 11.5 Å². The van der Waals surface area contributed by atoms with Crippen LogP contribution in [0.1, 0.15) is 53.4 Å². The van der Waals surface area contributed by atoms with Gasteiger partial charge in [-0.3, -0.25) is 19.2 Å². The standard InChI is InChI=1S/C22H36N7O6P/c1-14(2)34-18(30)8-9-27-36(32,28-16(4)22(31)35-17-6-5-7-17)13-33-15(3)10-29-12-26-19-20(23)24-11-25-21(19)29/h11-12,14-17H,5-10,13H2,1-4H3,(H2,23,24,25)(H2,27,28,32)/t15-,16-,36?/m1/s1. The minimum Gasteiger partial charge on any atom is -0.463 e. The van der Waals surface area contributed by atoms with Gasteiger partial charge in [0.2, 0.25) is 7.44 Å². The van der Waals surface area contributed by atoms with Gasteiger partial charge >= 0.3 is 11.9 Å². The Morgan fingerprint density at radius 1 is 1.22 bits per heavy atom. The molecule has 1 aliphatic rings. The molecule has 1 saturated carbocycles. The van der Waals surface area contributed by atoms with E-state index in [1.165, 1.54) is 6.33 Å². The summed E-state index contributed by atoms with van der Waals surface area (Å²) in [6.45, 7) is 7.37. The van der Waals surface area contributed by atoms with Crippen LogP contribution in [0.3, 0.4) is 0 Å². The second-order valence-corrected chi connectivity index (χ2v) is 11.5. The summed E-state index contributed by atoms with van der Waals surface area (Å²) in [6.07, 6.45) is 4.73. The number of imidazole rings is 1. The number of carbonyl (C=O) groups is 2. The number of nitrogens with two attached hydrogens (primary N) is 1. The van der Waals surface area contributed by atoms with Crippen molar-refractivity contribution in [2.24, 2.45) is 0 Å². The molecule has 2 aromatic rings. The maximum atomic E-state index is 13.7. The Morgan fingerprint density at radius 3 is 2.64 bits per heavy atom. The van der Waals surface area contributed by atoms with Crippen LogP contribution in [0.15, 0.2) is 12.7 Å². The molecule has 1 unspecified atom stereocenters. The highest BCUT2D eigenvalue weighted by atomic mass is 31.2. The predicted octanol–water partition coefficient (Wildman–Crippen LogP) is 1.97. The quantitative estimate of drug-likeness (QED) is 0.242. The third-order valence-corrected chi connectivity index (χ3v) is 7.63. The molecule has 0 radical (unpaired) electrons. The number of nitrogens with zero attached hydrogens (tertiary/aromatic N) is 4. The molecule has 0 amide bonds. The van der Waals surface area contributed by atoms with E-state index in [0.29, 0.717) is 17.7 Å². The van der Waals surface area contributed by atoms with Gasteiger partial charge in [0.1, 0.15) is 30.3 Å². The van der Waals surface area contributed by atoms with Gasteiger partial charge in [-0.25, -0.2) is 20.0 Å². The third kappa shape index (κ3) is 7.95. The number of anilines is 1. The molecule has 2 heterocycles. The lowest BCUT2D eigenvalue weighted by Gasteiger charge is -2.29. The Hall–Kier alpha value is -2.60. The summed E-state index contributed by atoms with van der Waals surface area (Å²) in [5.41, 5.74) is 6.90. The molecular formula is C22H36N7O6P. The van der Waals surface area contributed by atoms with Gasteiger partial charge in [0.25, 0.3) is 0 Å². The number of hydrogen-bond donors (Lipinski definition) is 3. The van der Waals surface area contributed by atoms with Crippen molar-refractivity contribution in [1.29, 1.82) is 0 Å².